The topological polar surface area (TPSA) is 63.3 Å². The summed E-state index contributed by atoms with van der Waals surface area (Å²) in [5.41, 5.74) is -0.152. The molecule has 7 heteroatoms. The number of aliphatic carboxylic acids is 1. The zero-order chi connectivity index (χ0) is 14.9. The minimum atomic E-state index is -4.40. The van der Waals surface area contributed by atoms with Gasteiger partial charge in [-0.2, -0.15) is 13.2 Å². The third kappa shape index (κ3) is 2.98. The zero-order valence-electron chi connectivity index (χ0n) is 10.4. The second-order valence-corrected chi connectivity index (χ2v) is 4.17. The van der Waals surface area contributed by atoms with Crippen LogP contribution in [-0.2, 0) is 17.4 Å². The molecule has 1 aromatic heterocycles. The molecule has 2 rings (SSSR count). The first-order valence-corrected chi connectivity index (χ1v) is 5.63. The van der Waals surface area contributed by atoms with Crippen LogP contribution in [0.15, 0.2) is 28.7 Å². The summed E-state index contributed by atoms with van der Waals surface area (Å²) >= 11 is 0. The highest BCUT2D eigenvalue weighted by Gasteiger charge is 2.30. The zero-order valence-corrected chi connectivity index (χ0v) is 10.4. The SMILES string of the molecule is Cc1oc(-c2ccc(C(F)(F)F)cc2)nc1CC(=O)O. The summed E-state index contributed by atoms with van der Waals surface area (Å²) in [7, 11) is 0. The van der Waals surface area contributed by atoms with Crippen LogP contribution in [0.25, 0.3) is 11.5 Å². The molecular weight excluding hydrogens is 275 g/mol. The quantitative estimate of drug-likeness (QED) is 0.939. The lowest BCUT2D eigenvalue weighted by Gasteiger charge is -2.06. The Morgan fingerprint density at radius 2 is 1.90 bits per heavy atom. The smallest absolute Gasteiger partial charge is 0.416 e. The number of nitrogens with zero attached hydrogens (tertiary/aromatic N) is 1. The molecule has 0 aliphatic carbocycles. The number of rotatable bonds is 3. The number of carboxylic acids is 1. The Morgan fingerprint density at radius 1 is 1.30 bits per heavy atom. The fourth-order valence-electron chi connectivity index (χ4n) is 1.66. The third-order valence-electron chi connectivity index (χ3n) is 2.67. The molecule has 20 heavy (non-hydrogen) atoms. The first-order chi connectivity index (χ1) is 9.27. The fourth-order valence-corrected chi connectivity index (χ4v) is 1.66. The van der Waals surface area contributed by atoms with Gasteiger partial charge in [0.15, 0.2) is 0 Å². The summed E-state index contributed by atoms with van der Waals surface area (Å²) in [5.74, 6) is -0.616. The number of aromatic nitrogens is 1. The molecule has 0 radical (unpaired) electrons. The summed E-state index contributed by atoms with van der Waals surface area (Å²) in [5, 5.41) is 8.69. The van der Waals surface area contributed by atoms with Crippen LogP contribution in [0.5, 0.6) is 0 Å². The molecule has 0 aliphatic rings. The number of alkyl halides is 3. The molecule has 1 N–H and O–H groups in total. The van der Waals surface area contributed by atoms with E-state index in [1.165, 1.54) is 12.1 Å². The van der Waals surface area contributed by atoms with Crippen LogP contribution in [-0.4, -0.2) is 16.1 Å². The number of halogens is 3. The van der Waals surface area contributed by atoms with Gasteiger partial charge in [0.05, 0.1) is 17.7 Å². The second kappa shape index (κ2) is 4.99. The maximum absolute atomic E-state index is 12.4. The average molecular weight is 285 g/mol. The van der Waals surface area contributed by atoms with Gasteiger partial charge in [0, 0.05) is 5.56 Å². The van der Waals surface area contributed by atoms with Crippen LogP contribution >= 0.6 is 0 Å². The van der Waals surface area contributed by atoms with E-state index in [1.54, 1.807) is 6.92 Å². The molecule has 2 aromatic rings. The van der Waals surface area contributed by atoms with Crippen LogP contribution in [0.2, 0.25) is 0 Å². The summed E-state index contributed by atoms with van der Waals surface area (Å²) in [6.07, 6.45) is -4.70. The number of carbonyl (C=O) groups is 1. The van der Waals surface area contributed by atoms with Gasteiger partial charge in [-0.1, -0.05) is 0 Å². The number of aryl methyl sites for hydroxylation is 1. The van der Waals surface area contributed by atoms with E-state index in [2.05, 4.69) is 4.98 Å². The van der Waals surface area contributed by atoms with Gasteiger partial charge in [-0.25, -0.2) is 4.98 Å². The predicted octanol–water partition coefficient (Wildman–Crippen LogP) is 3.30. The normalized spacial score (nSPS) is 11.6. The predicted molar refractivity (Wildman–Crippen MR) is 63.0 cm³/mol. The van der Waals surface area contributed by atoms with E-state index in [1.807, 2.05) is 0 Å². The monoisotopic (exact) mass is 285 g/mol. The molecule has 0 fully saturated rings. The van der Waals surface area contributed by atoms with Gasteiger partial charge in [0.25, 0.3) is 0 Å². The van der Waals surface area contributed by atoms with Crippen molar-refractivity contribution in [2.24, 2.45) is 0 Å². The maximum Gasteiger partial charge on any atom is 0.416 e. The molecule has 0 aliphatic heterocycles. The van der Waals surface area contributed by atoms with E-state index in [-0.39, 0.29) is 18.0 Å². The average Bonchev–Trinajstić information content (AvgIpc) is 2.69. The van der Waals surface area contributed by atoms with Crippen molar-refractivity contribution in [3.05, 3.63) is 41.3 Å². The van der Waals surface area contributed by atoms with Crippen molar-refractivity contribution < 1.29 is 27.5 Å². The van der Waals surface area contributed by atoms with Crippen molar-refractivity contribution in [2.75, 3.05) is 0 Å². The first-order valence-electron chi connectivity index (χ1n) is 5.63. The standard InChI is InChI=1S/C13H10F3NO3/c1-7-10(6-11(18)19)17-12(20-7)8-2-4-9(5-3-8)13(14,15)16/h2-5H,6H2,1H3,(H,18,19). The molecule has 106 valence electrons. The highest BCUT2D eigenvalue weighted by Crippen LogP contribution is 2.31. The summed E-state index contributed by atoms with van der Waals surface area (Å²) in [6, 6.07) is 4.31. The third-order valence-corrected chi connectivity index (χ3v) is 2.67. The van der Waals surface area contributed by atoms with Crippen LogP contribution in [0, 0.1) is 6.92 Å². The van der Waals surface area contributed by atoms with E-state index in [0.29, 0.717) is 11.3 Å². The molecule has 0 spiro atoms. The Bertz CT molecular complexity index is 629. The van der Waals surface area contributed by atoms with Crippen molar-refractivity contribution in [2.45, 2.75) is 19.5 Å². The Morgan fingerprint density at radius 3 is 2.40 bits per heavy atom. The summed E-state index contributed by atoms with van der Waals surface area (Å²) in [6.45, 7) is 1.55. The number of oxazole rings is 1. The van der Waals surface area contributed by atoms with Crippen molar-refractivity contribution in [3.8, 4) is 11.5 Å². The number of hydrogen-bond acceptors (Lipinski definition) is 3. The molecule has 0 amide bonds. The number of hydrogen-bond donors (Lipinski definition) is 1. The van der Waals surface area contributed by atoms with Crippen molar-refractivity contribution in [3.63, 3.8) is 0 Å². The van der Waals surface area contributed by atoms with Crippen molar-refractivity contribution >= 4 is 5.97 Å². The molecule has 0 unspecified atom stereocenters. The van der Waals surface area contributed by atoms with E-state index < -0.39 is 17.7 Å². The maximum atomic E-state index is 12.4. The Hall–Kier alpha value is -2.31. The fraction of sp³-hybridized carbons (Fsp3) is 0.231. The van der Waals surface area contributed by atoms with E-state index in [9.17, 15) is 18.0 Å². The molecule has 0 atom stereocenters. The molecule has 0 saturated heterocycles. The minimum absolute atomic E-state index is 0.104. The summed E-state index contributed by atoms with van der Waals surface area (Å²) < 4.78 is 42.6. The lowest BCUT2D eigenvalue weighted by atomic mass is 10.1. The Kier molecular flexibility index (Phi) is 3.52. The molecule has 1 aromatic carbocycles. The van der Waals surface area contributed by atoms with Gasteiger partial charge in [0.1, 0.15) is 5.76 Å². The molecular formula is C13H10F3NO3. The molecule has 4 nitrogen and oxygen atoms in total. The van der Waals surface area contributed by atoms with Gasteiger partial charge in [0.2, 0.25) is 5.89 Å². The molecule has 0 saturated carbocycles. The second-order valence-electron chi connectivity index (χ2n) is 4.17. The van der Waals surface area contributed by atoms with E-state index in [0.717, 1.165) is 12.1 Å². The van der Waals surface area contributed by atoms with E-state index in [4.69, 9.17) is 9.52 Å². The van der Waals surface area contributed by atoms with Gasteiger partial charge < -0.3 is 9.52 Å². The highest BCUT2D eigenvalue weighted by atomic mass is 19.4. The molecule has 1 heterocycles. The summed E-state index contributed by atoms with van der Waals surface area (Å²) in [4.78, 5) is 14.6. The van der Waals surface area contributed by atoms with Crippen molar-refractivity contribution in [1.82, 2.24) is 4.98 Å². The lowest BCUT2D eigenvalue weighted by Crippen LogP contribution is -2.04. The number of benzene rings is 1. The Balaban J connectivity index is 2.30. The first kappa shape index (κ1) is 14.1. The number of carboxylic acid groups (broad SMARTS) is 1. The van der Waals surface area contributed by atoms with Gasteiger partial charge in [-0.05, 0) is 31.2 Å². The van der Waals surface area contributed by atoms with Crippen molar-refractivity contribution in [1.29, 1.82) is 0 Å². The molecule has 0 bridgehead atoms. The Labute approximate surface area is 111 Å². The van der Waals surface area contributed by atoms with Gasteiger partial charge in [-0.15, -0.1) is 0 Å². The lowest BCUT2D eigenvalue weighted by molar-refractivity contribution is -0.138. The van der Waals surface area contributed by atoms with E-state index >= 15 is 0 Å². The van der Waals surface area contributed by atoms with Gasteiger partial charge in [-0.3, -0.25) is 4.79 Å². The van der Waals surface area contributed by atoms with Gasteiger partial charge >= 0.3 is 12.1 Å². The highest BCUT2D eigenvalue weighted by molar-refractivity contribution is 5.70. The largest absolute Gasteiger partial charge is 0.481 e. The minimum Gasteiger partial charge on any atom is -0.481 e. The van der Waals surface area contributed by atoms with Crippen LogP contribution < -0.4 is 0 Å². The van der Waals surface area contributed by atoms with Crippen LogP contribution in [0.3, 0.4) is 0 Å². The van der Waals surface area contributed by atoms with Crippen LogP contribution in [0.1, 0.15) is 17.0 Å². The van der Waals surface area contributed by atoms with Crippen LogP contribution in [0.4, 0.5) is 13.2 Å².